The summed E-state index contributed by atoms with van der Waals surface area (Å²) in [6.45, 7) is 7.02. The summed E-state index contributed by atoms with van der Waals surface area (Å²) in [7, 11) is 0. The predicted octanol–water partition coefficient (Wildman–Crippen LogP) is 4.21. The Kier molecular flexibility index (Phi) is 6.82. The minimum Gasteiger partial charge on any atom is -0.361 e. The van der Waals surface area contributed by atoms with Crippen molar-refractivity contribution in [2.24, 2.45) is 5.92 Å². The number of carbonyl (C=O) groups is 1. The fourth-order valence-electron chi connectivity index (χ4n) is 4.55. The van der Waals surface area contributed by atoms with E-state index in [0.29, 0.717) is 6.54 Å². The van der Waals surface area contributed by atoms with Gasteiger partial charge < -0.3 is 15.2 Å². The number of hydrogen-bond acceptors (Lipinski definition) is 3. The molecule has 1 atom stereocenters. The number of benzene rings is 1. The Balaban J connectivity index is 1.54. The largest absolute Gasteiger partial charge is 0.361 e. The lowest BCUT2D eigenvalue weighted by atomic mass is 9.86. The van der Waals surface area contributed by atoms with Crippen LogP contribution in [0.4, 0.5) is 0 Å². The van der Waals surface area contributed by atoms with Crippen LogP contribution in [-0.2, 0) is 17.6 Å². The molecule has 5 nitrogen and oxygen atoms in total. The average molecular weight is 417 g/mol. The van der Waals surface area contributed by atoms with Gasteiger partial charge in [-0.3, -0.25) is 9.78 Å². The number of carbonyl (C=O) groups excluding carboxylic acids is 1. The van der Waals surface area contributed by atoms with Crippen LogP contribution in [0.3, 0.4) is 0 Å². The van der Waals surface area contributed by atoms with Crippen LogP contribution in [0.1, 0.15) is 37.1 Å². The quantitative estimate of drug-likeness (QED) is 0.514. The average Bonchev–Trinajstić information content (AvgIpc) is 3.23. The van der Waals surface area contributed by atoms with Crippen LogP contribution in [0.15, 0.2) is 54.9 Å². The zero-order chi connectivity index (χ0) is 21.6. The molecular weight excluding hydrogens is 384 g/mol. The Morgan fingerprint density at radius 2 is 2.06 bits per heavy atom. The topological polar surface area (TPSA) is 61.0 Å². The van der Waals surface area contributed by atoms with Crippen molar-refractivity contribution in [3.63, 3.8) is 0 Å². The van der Waals surface area contributed by atoms with Gasteiger partial charge in [0.15, 0.2) is 0 Å². The highest BCUT2D eigenvalue weighted by Crippen LogP contribution is 2.36. The van der Waals surface area contributed by atoms with Gasteiger partial charge in [-0.25, -0.2) is 0 Å². The molecule has 5 heteroatoms. The molecule has 162 valence electrons. The number of nitrogens with zero attached hydrogens (tertiary/aromatic N) is 2. The Morgan fingerprint density at radius 1 is 1.19 bits per heavy atom. The maximum atomic E-state index is 13.3. The van der Waals surface area contributed by atoms with Crippen molar-refractivity contribution in [1.29, 1.82) is 0 Å². The van der Waals surface area contributed by atoms with E-state index in [4.69, 9.17) is 0 Å². The maximum absolute atomic E-state index is 13.3. The number of nitrogens with one attached hydrogen (secondary N) is 2. The lowest BCUT2D eigenvalue weighted by molar-refractivity contribution is -0.133. The van der Waals surface area contributed by atoms with Crippen molar-refractivity contribution in [3.8, 4) is 0 Å². The third kappa shape index (κ3) is 4.72. The molecule has 0 fully saturated rings. The van der Waals surface area contributed by atoms with Crippen molar-refractivity contribution in [2.75, 3.05) is 26.2 Å². The number of H-pyrrole nitrogens is 1. The van der Waals surface area contributed by atoms with Crippen LogP contribution in [0.2, 0.25) is 0 Å². The summed E-state index contributed by atoms with van der Waals surface area (Å²) in [4.78, 5) is 23.0. The van der Waals surface area contributed by atoms with E-state index in [0.717, 1.165) is 44.6 Å². The Hall–Kier alpha value is -2.92. The molecular formula is C26H32N4O. The van der Waals surface area contributed by atoms with Gasteiger partial charge in [-0.05, 0) is 61.6 Å². The van der Waals surface area contributed by atoms with Crippen molar-refractivity contribution < 1.29 is 4.79 Å². The van der Waals surface area contributed by atoms with Gasteiger partial charge in [-0.15, -0.1) is 0 Å². The molecule has 0 radical (unpaired) electrons. The molecule has 0 unspecified atom stereocenters. The molecule has 0 saturated heterocycles. The van der Waals surface area contributed by atoms with E-state index < -0.39 is 0 Å². The summed E-state index contributed by atoms with van der Waals surface area (Å²) in [5.41, 5.74) is 6.18. The van der Waals surface area contributed by atoms with E-state index >= 15 is 0 Å². The van der Waals surface area contributed by atoms with E-state index in [1.54, 1.807) is 0 Å². The lowest BCUT2D eigenvalue weighted by Crippen LogP contribution is -2.40. The fraction of sp³-hybridized carbons (Fsp3) is 0.385. The normalized spacial score (nSPS) is 15.4. The summed E-state index contributed by atoms with van der Waals surface area (Å²) in [6.07, 6.45) is 9.02. The summed E-state index contributed by atoms with van der Waals surface area (Å²) < 4.78 is 0. The van der Waals surface area contributed by atoms with E-state index in [1.807, 2.05) is 43.1 Å². The summed E-state index contributed by atoms with van der Waals surface area (Å²) >= 11 is 0. The molecule has 3 aromatic rings. The number of rotatable bonds is 9. The predicted molar refractivity (Wildman–Crippen MR) is 127 cm³/mol. The van der Waals surface area contributed by atoms with Gasteiger partial charge in [-0.1, -0.05) is 24.3 Å². The monoisotopic (exact) mass is 416 g/mol. The van der Waals surface area contributed by atoms with E-state index in [-0.39, 0.29) is 11.8 Å². The van der Waals surface area contributed by atoms with Gasteiger partial charge >= 0.3 is 0 Å². The molecule has 2 N–H and O–H groups in total. The van der Waals surface area contributed by atoms with Gasteiger partial charge in [0.25, 0.3) is 0 Å². The molecule has 4 rings (SSSR count). The second-order valence-corrected chi connectivity index (χ2v) is 8.13. The molecule has 1 aliphatic rings. The van der Waals surface area contributed by atoms with Crippen molar-refractivity contribution in [2.45, 2.75) is 33.1 Å². The van der Waals surface area contributed by atoms with Crippen LogP contribution >= 0.6 is 0 Å². The zero-order valence-corrected chi connectivity index (χ0v) is 18.5. The summed E-state index contributed by atoms with van der Waals surface area (Å²) in [5, 5.41) is 4.82. The fourth-order valence-corrected chi connectivity index (χ4v) is 4.55. The first kappa shape index (κ1) is 21.3. The standard InChI is InChI=1S/C26H32N4O/c1-3-30(4-2)26(31)21(17-27-15-13-22-8-5-6-14-28-22)16-19-11-12-20-18-29-24-10-7-9-23(19)25(20)24/h5-10,14,16,18,21,27,29H,3-4,11-13,15,17H2,1-2H3/b19-16+/t21-/m1/s1. The number of aromatic amines is 1. The van der Waals surface area contributed by atoms with Gasteiger partial charge in [-0.2, -0.15) is 0 Å². The summed E-state index contributed by atoms with van der Waals surface area (Å²) in [6, 6.07) is 12.4. The van der Waals surface area contributed by atoms with Crippen molar-refractivity contribution >= 4 is 22.4 Å². The highest BCUT2D eigenvalue weighted by molar-refractivity contribution is 5.97. The number of aryl methyl sites for hydroxylation is 1. The first-order chi connectivity index (χ1) is 15.2. The second kappa shape index (κ2) is 9.92. The molecule has 2 aromatic heterocycles. The van der Waals surface area contributed by atoms with E-state index in [2.05, 4.69) is 45.8 Å². The van der Waals surface area contributed by atoms with Crippen LogP contribution in [0.25, 0.3) is 16.5 Å². The van der Waals surface area contributed by atoms with Gasteiger partial charge in [0.1, 0.15) is 0 Å². The molecule has 0 aliphatic heterocycles. The molecule has 1 amide bonds. The Labute approximate surface area is 184 Å². The Bertz CT molecular complexity index is 1050. The maximum Gasteiger partial charge on any atom is 0.230 e. The minimum absolute atomic E-state index is 0.172. The second-order valence-electron chi connectivity index (χ2n) is 8.13. The van der Waals surface area contributed by atoms with Crippen LogP contribution in [-0.4, -0.2) is 47.0 Å². The van der Waals surface area contributed by atoms with Crippen LogP contribution < -0.4 is 5.32 Å². The number of pyridine rings is 1. The minimum atomic E-state index is -0.172. The molecule has 31 heavy (non-hydrogen) atoms. The van der Waals surface area contributed by atoms with E-state index in [1.165, 1.54) is 27.6 Å². The lowest BCUT2D eigenvalue weighted by Gasteiger charge is -2.25. The smallest absolute Gasteiger partial charge is 0.230 e. The first-order valence-electron chi connectivity index (χ1n) is 11.4. The molecule has 0 bridgehead atoms. The highest BCUT2D eigenvalue weighted by Gasteiger charge is 2.24. The highest BCUT2D eigenvalue weighted by atomic mass is 16.2. The van der Waals surface area contributed by atoms with Gasteiger partial charge in [0, 0.05) is 61.6 Å². The number of allylic oxidation sites excluding steroid dienone is 1. The molecule has 1 aliphatic carbocycles. The summed E-state index contributed by atoms with van der Waals surface area (Å²) in [5.74, 6) is 0.0317. The molecule has 2 heterocycles. The number of aromatic nitrogens is 2. The molecule has 1 aromatic carbocycles. The SMILES string of the molecule is CCN(CC)C(=O)[C@H](/C=C1\CCc2c[nH]c3cccc1c23)CNCCc1ccccn1. The van der Waals surface area contributed by atoms with Crippen molar-refractivity contribution in [1.82, 2.24) is 20.2 Å². The Morgan fingerprint density at radius 3 is 2.84 bits per heavy atom. The van der Waals surface area contributed by atoms with Gasteiger partial charge in [0.2, 0.25) is 5.91 Å². The number of hydrogen-bond donors (Lipinski definition) is 2. The number of amides is 1. The van der Waals surface area contributed by atoms with Crippen LogP contribution in [0, 0.1) is 5.92 Å². The van der Waals surface area contributed by atoms with Crippen molar-refractivity contribution in [3.05, 3.63) is 71.7 Å². The van der Waals surface area contributed by atoms with E-state index in [9.17, 15) is 4.79 Å². The third-order valence-electron chi connectivity index (χ3n) is 6.24. The third-order valence-corrected chi connectivity index (χ3v) is 6.24. The van der Waals surface area contributed by atoms with Crippen LogP contribution in [0.5, 0.6) is 0 Å². The molecule has 0 spiro atoms. The van der Waals surface area contributed by atoms with Gasteiger partial charge in [0.05, 0.1) is 5.92 Å². The molecule has 0 saturated carbocycles. The zero-order valence-electron chi connectivity index (χ0n) is 18.5. The first-order valence-corrected chi connectivity index (χ1v) is 11.4.